The Labute approximate surface area is 158 Å². The van der Waals surface area contributed by atoms with Gasteiger partial charge in [0, 0.05) is 26.8 Å². The van der Waals surface area contributed by atoms with E-state index in [4.69, 9.17) is 4.98 Å². The molecule has 0 saturated carbocycles. The van der Waals surface area contributed by atoms with E-state index in [-0.39, 0.29) is 4.90 Å². The van der Waals surface area contributed by atoms with Crippen molar-refractivity contribution in [1.29, 1.82) is 0 Å². The second-order valence-corrected chi connectivity index (χ2v) is 9.22. The second-order valence-electron chi connectivity index (χ2n) is 6.07. The van der Waals surface area contributed by atoms with E-state index in [1.807, 2.05) is 24.3 Å². The fourth-order valence-corrected chi connectivity index (χ4v) is 4.41. The molecule has 138 valence electrons. The molecule has 0 aliphatic heterocycles. The quantitative estimate of drug-likeness (QED) is 0.579. The van der Waals surface area contributed by atoms with E-state index in [2.05, 4.69) is 16.5 Å². The third-order valence-electron chi connectivity index (χ3n) is 4.01. The van der Waals surface area contributed by atoms with Crippen molar-refractivity contribution >= 4 is 32.8 Å². The molecule has 0 bridgehead atoms. The number of aromatic nitrogens is 3. The fourth-order valence-electron chi connectivity index (χ4n) is 2.69. The lowest BCUT2D eigenvalue weighted by atomic mass is 10.3. The standard InChI is InChI=1S/C18H22N4O2S2/c1-4-11-22-16-9-8-14(26(23,24)21(2)3)12-15(16)20-17(22)13-25-18-7-5-6-10-19-18/h5-10,12H,4,11,13H2,1-3H3. The Kier molecular flexibility index (Phi) is 5.64. The van der Waals surface area contributed by atoms with Gasteiger partial charge in [0.25, 0.3) is 0 Å². The summed E-state index contributed by atoms with van der Waals surface area (Å²) < 4.78 is 28.1. The van der Waals surface area contributed by atoms with Crippen LogP contribution in [0.3, 0.4) is 0 Å². The van der Waals surface area contributed by atoms with Gasteiger partial charge < -0.3 is 4.57 Å². The summed E-state index contributed by atoms with van der Waals surface area (Å²) in [5.41, 5.74) is 1.67. The highest BCUT2D eigenvalue weighted by Gasteiger charge is 2.19. The lowest BCUT2D eigenvalue weighted by Crippen LogP contribution is -2.22. The monoisotopic (exact) mass is 390 g/mol. The molecule has 0 radical (unpaired) electrons. The maximum absolute atomic E-state index is 12.4. The molecule has 1 aromatic carbocycles. The van der Waals surface area contributed by atoms with Gasteiger partial charge in [-0.3, -0.25) is 0 Å². The summed E-state index contributed by atoms with van der Waals surface area (Å²) in [5, 5.41) is 0.943. The number of hydrogen-bond acceptors (Lipinski definition) is 5. The minimum atomic E-state index is -3.47. The van der Waals surface area contributed by atoms with E-state index in [0.717, 1.165) is 29.3 Å². The van der Waals surface area contributed by atoms with Gasteiger partial charge in [-0.25, -0.2) is 22.7 Å². The molecule has 2 heterocycles. The Bertz CT molecular complexity index is 999. The minimum absolute atomic E-state index is 0.264. The predicted molar refractivity (Wildman–Crippen MR) is 105 cm³/mol. The van der Waals surface area contributed by atoms with Crippen molar-refractivity contribution in [3.63, 3.8) is 0 Å². The smallest absolute Gasteiger partial charge is 0.242 e. The van der Waals surface area contributed by atoms with Crippen molar-refractivity contribution in [3.05, 3.63) is 48.4 Å². The van der Waals surface area contributed by atoms with Gasteiger partial charge in [-0.05, 0) is 36.8 Å². The highest BCUT2D eigenvalue weighted by Crippen LogP contribution is 2.26. The molecule has 0 saturated heterocycles. The number of imidazole rings is 1. The van der Waals surface area contributed by atoms with Gasteiger partial charge in [0.05, 0.1) is 26.7 Å². The third-order valence-corrected chi connectivity index (χ3v) is 6.76. The summed E-state index contributed by atoms with van der Waals surface area (Å²) in [6.45, 7) is 2.96. The SMILES string of the molecule is CCCn1c(CSc2ccccn2)nc2cc(S(=O)(=O)N(C)C)ccc21. The number of sulfonamides is 1. The van der Waals surface area contributed by atoms with Crippen LogP contribution in [0.5, 0.6) is 0 Å². The number of hydrogen-bond donors (Lipinski definition) is 0. The summed E-state index contributed by atoms with van der Waals surface area (Å²) >= 11 is 1.62. The van der Waals surface area contributed by atoms with Crippen LogP contribution >= 0.6 is 11.8 Å². The van der Waals surface area contributed by atoms with E-state index in [9.17, 15) is 8.42 Å². The number of thioether (sulfide) groups is 1. The first-order valence-electron chi connectivity index (χ1n) is 8.39. The Balaban J connectivity index is 1.98. The van der Waals surface area contributed by atoms with E-state index in [1.54, 1.807) is 30.1 Å². The summed E-state index contributed by atoms with van der Waals surface area (Å²) in [6, 6.07) is 11.0. The van der Waals surface area contributed by atoms with Crippen molar-refractivity contribution in [3.8, 4) is 0 Å². The van der Waals surface area contributed by atoms with Crippen LogP contribution in [0.2, 0.25) is 0 Å². The maximum atomic E-state index is 12.4. The molecule has 0 aliphatic rings. The van der Waals surface area contributed by atoms with Crippen molar-refractivity contribution in [1.82, 2.24) is 18.8 Å². The summed E-state index contributed by atoms with van der Waals surface area (Å²) in [6.07, 6.45) is 2.75. The average molecular weight is 391 g/mol. The molecule has 6 nitrogen and oxygen atoms in total. The van der Waals surface area contributed by atoms with Crippen LogP contribution in [-0.2, 0) is 22.3 Å². The van der Waals surface area contributed by atoms with Crippen LogP contribution in [0.4, 0.5) is 0 Å². The molecule has 0 atom stereocenters. The van der Waals surface area contributed by atoms with Crippen molar-refractivity contribution < 1.29 is 8.42 Å². The number of aryl methyl sites for hydroxylation is 1. The number of rotatable bonds is 7. The van der Waals surface area contributed by atoms with E-state index >= 15 is 0 Å². The van der Waals surface area contributed by atoms with Crippen molar-refractivity contribution in [2.24, 2.45) is 0 Å². The molecule has 0 fully saturated rings. The highest BCUT2D eigenvalue weighted by atomic mass is 32.2. The van der Waals surface area contributed by atoms with Crippen LogP contribution in [0.1, 0.15) is 19.2 Å². The van der Waals surface area contributed by atoms with E-state index in [1.165, 1.54) is 18.4 Å². The zero-order chi connectivity index (χ0) is 18.7. The summed E-state index contributed by atoms with van der Waals surface area (Å²) in [7, 11) is -0.407. The first-order valence-corrected chi connectivity index (χ1v) is 10.8. The first kappa shape index (κ1) is 18.9. The maximum Gasteiger partial charge on any atom is 0.242 e. The van der Waals surface area contributed by atoms with E-state index in [0.29, 0.717) is 11.3 Å². The third kappa shape index (κ3) is 3.77. The van der Waals surface area contributed by atoms with Crippen molar-refractivity contribution in [2.45, 2.75) is 35.6 Å². The molecule has 8 heteroatoms. The molecule has 2 aromatic heterocycles. The topological polar surface area (TPSA) is 68.1 Å². The summed E-state index contributed by atoms with van der Waals surface area (Å²) in [5.74, 6) is 1.61. The molecule has 0 spiro atoms. The normalized spacial score (nSPS) is 12.2. The largest absolute Gasteiger partial charge is 0.327 e. The average Bonchev–Trinajstić information content (AvgIpc) is 2.98. The Hall–Kier alpha value is -1.90. The van der Waals surface area contributed by atoms with Crippen LogP contribution in [0, 0.1) is 0 Å². The van der Waals surface area contributed by atoms with Gasteiger partial charge in [0.15, 0.2) is 0 Å². The zero-order valence-electron chi connectivity index (χ0n) is 15.1. The number of benzene rings is 1. The van der Waals surface area contributed by atoms with Crippen LogP contribution in [0.15, 0.2) is 52.5 Å². The number of pyridine rings is 1. The highest BCUT2D eigenvalue weighted by molar-refractivity contribution is 7.98. The number of fused-ring (bicyclic) bond motifs is 1. The number of nitrogens with zero attached hydrogens (tertiary/aromatic N) is 4. The second kappa shape index (κ2) is 7.77. The Morgan fingerprint density at radius 2 is 2.00 bits per heavy atom. The van der Waals surface area contributed by atoms with Gasteiger partial charge in [0.1, 0.15) is 5.82 Å². The fraction of sp³-hybridized carbons (Fsp3) is 0.333. The zero-order valence-corrected chi connectivity index (χ0v) is 16.7. The van der Waals surface area contributed by atoms with Crippen molar-refractivity contribution in [2.75, 3.05) is 14.1 Å². The molecule has 0 N–H and O–H groups in total. The van der Waals surface area contributed by atoms with E-state index < -0.39 is 10.0 Å². The minimum Gasteiger partial charge on any atom is -0.327 e. The van der Waals surface area contributed by atoms with Crippen LogP contribution in [0.25, 0.3) is 11.0 Å². The molecule has 3 rings (SSSR count). The van der Waals surface area contributed by atoms with Crippen LogP contribution < -0.4 is 0 Å². The predicted octanol–water partition coefficient (Wildman–Crippen LogP) is 3.38. The summed E-state index contributed by atoms with van der Waals surface area (Å²) in [4.78, 5) is 9.31. The van der Waals surface area contributed by atoms with Gasteiger partial charge >= 0.3 is 0 Å². The first-order chi connectivity index (χ1) is 12.4. The molecule has 0 amide bonds. The molecule has 3 aromatic rings. The molecular weight excluding hydrogens is 368 g/mol. The molecule has 26 heavy (non-hydrogen) atoms. The van der Waals surface area contributed by atoms with Gasteiger partial charge in [-0.15, -0.1) is 0 Å². The molecular formula is C18H22N4O2S2. The lowest BCUT2D eigenvalue weighted by Gasteiger charge is -2.11. The van der Waals surface area contributed by atoms with Crippen LogP contribution in [-0.4, -0.2) is 41.4 Å². The molecule has 0 aliphatic carbocycles. The lowest BCUT2D eigenvalue weighted by molar-refractivity contribution is 0.521. The Morgan fingerprint density at radius 1 is 1.19 bits per heavy atom. The van der Waals surface area contributed by atoms with Gasteiger partial charge in [-0.1, -0.05) is 24.8 Å². The Morgan fingerprint density at radius 3 is 2.65 bits per heavy atom. The molecule has 0 unspecified atom stereocenters. The van der Waals surface area contributed by atoms with Gasteiger partial charge in [-0.2, -0.15) is 0 Å². The van der Waals surface area contributed by atoms with Gasteiger partial charge in [0.2, 0.25) is 10.0 Å².